The topological polar surface area (TPSA) is 113 Å². The SMILES string of the molecule is CCn1nc(CSCc2c(-c3c(F)ccc4c(CCC(=O)OC)c(C(=O)OC)n(C)c34)c(C)nn2C)cc1CSc1cc(O)c2ccccc2c1. The third kappa shape index (κ3) is 7.09. The van der Waals surface area contributed by atoms with Crippen molar-refractivity contribution in [3.8, 4) is 16.9 Å². The number of methoxy groups -OCH3 is 2. The van der Waals surface area contributed by atoms with Gasteiger partial charge in [0.25, 0.3) is 0 Å². The minimum absolute atomic E-state index is 0.0569. The van der Waals surface area contributed by atoms with Crippen molar-refractivity contribution in [3.63, 3.8) is 0 Å². The number of esters is 2. The van der Waals surface area contributed by atoms with Crippen LogP contribution in [0.2, 0.25) is 0 Å². The van der Waals surface area contributed by atoms with Gasteiger partial charge in [-0.2, -0.15) is 10.2 Å². The number of carbonyl (C=O) groups excluding carboxylic acids is 2. The van der Waals surface area contributed by atoms with Gasteiger partial charge in [0.1, 0.15) is 17.3 Å². The highest BCUT2D eigenvalue weighted by Crippen LogP contribution is 2.41. The van der Waals surface area contributed by atoms with Crippen LogP contribution in [0.1, 0.15) is 52.2 Å². The van der Waals surface area contributed by atoms with Crippen molar-refractivity contribution in [2.24, 2.45) is 14.1 Å². The Labute approximate surface area is 303 Å². The van der Waals surface area contributed by atoms with Crippen molar-refractivity contribution in [2.45, 2.75) is 55.4 Å². The number of carbonyl (C=O) groups is 2. The molecule has 10 nitrogen and oxygen atoms in total. The van der Waals surface area contributed by atoms with E-state index < -0.39 is 17.8 Å². The standard InChI is InChI=1S/C38H40FN5O5S2/c1-7-44-25(20-51-26-16-23-10-8-9-11-27(23)32(45)18-26)17-24(41-44)19-50-21-31-34(22(2)40-43(31)4)35-30(39)14-12-28-29(13-15-33(46)48-5)37(38(47)49-6)42(3)36(28)35/h8-12,14,16-18,45H,7,13,15,19-21H2,1-6H3. The molecule has 0 aliphatic heterocycles. The van der Waals surface area contributed by atoms with E-state index >= 15 is 4.39 Å². The Morgan fingerprint density at radius 1 is 0.941 bits per heavy atom. The van der Waals surface area contributed by atoms with Crippen LogP contribution >= 0.6 is 23.5 Å². The first-order valence-electron chi connectivity index (χ1n) is 16.5. The van der Waals surface area contributed by atoms with E-state index in [-0.39, 0.29) is 24.3 Å². The highest BCUT2D eigenvalue weighted by atomic mass is 32.2. The average Bonchev–Trinajstić information content (AvgIpc) is 3.75. The molecule has 0 aliphatic carbocycles. The summed E-state index contributed by atoms with van der Waals surface area (Å²) in [4.78, 5) is 26.1. The lowest BCUT2D eigenvalue weighted by Crippen LogP contribution is -2.11. The van der Waals surface area contributed by atoms with E-state index in [1.165, 1.54) is 20.3 Å². The molecule has 0 unspecified atom stereocenters. The quantitative estimate of drug-likeness (QED) is 0.0943. The molecule has 6 aromatic rings. The first-order valence-corrected chi connectivity index (χ1v) is 18.7. The fourth-order valence-corrected chi connectivity index (χ4v) is 8.63. The van der Waals surface area contributed by atoms with Crippen LogP contribution in [0.25, 0.3) is 32.8 Å². The first-order chi connectivity index (χ1) is 24.6. The fourth-order valence-electron chi connectivity index (χ4n) is 6.71. The number of halogens is 1. The molecule has 6 rings (SSSR count). The van der Waals surface area contributed by atoms with Crippen molar-refractivity contribution in [2.75, 3.05) is 14.2 Å². The Bertz CT molecular complexity index is 2270. The molecule has 0 bridgehead atoms. The average molecular weight is 730 g/mol. The lowest BCUT2D eigenvalue weighted by atomic mass is 9.98. The van der Waals surface area contributed by atoms with Gasteiger partial charge in [-0.25, -0.2) is 9.18 Å². The van der Waals surface area contributed by atoms with Crippen molar-refractivity contribution >= 4 is 57.1 Å². The molecule has 0 amide bonds. The molecular formula is C38H40FN5O5S2. The monoisotopic (exact) mass is 729 g/mol. The number of rotatable bonds is 13. The van der Waals surface area contributed by atoms with Gasteiger partial charge in [0.05, 0.1) is 36.8 Å². The van der Waals surface area contributed by atoms with Gasteiger partial charge in [-0.3, -0.25) is 14.2 Å². The summed E-state index contributed by atoms with van der Waals surface area (Å²) < 4.78 is 31.4. The number of aryl methyl sites for hydroxylation is 5. The molecule has 0 radical (unpaired) electrons. The predicted molar refractivity (Wildman–Crippen MR) is 200 cm³/mol. The predicted octanol–water partition coefficient (Wildman–Crippen LogP) is 7.72. The summed E-state index contributed by atoms with van der Waals surface area (Å²) in [5.41, 5.74) is 5.92. The van der Waals surface area contributed by atoms with Gasteiger partial charge in [-0.05, 0) is 61.5 Å². The number of ether oxygens (including phenoxy) is 2. The third-order valence-electron chi connectivity index (χ3n) is 9.09. The number of thioether (sulfide) groups is 2. The summed E-state index contributed by atoms with van der Waals surface area (Å²) >= 11 is 3.32. The van der Waals surface area contributed by atoms with Gasteiger partial charge in [0, 0.05) is 76.8 Å². The van der Waals surface area contributed by atoms with Crippen molar-refractivity contribution in [1.29, 1.82) is 0 Å². The molecule has 3 heterocycles. The van der Waals surface area contributed by atoms with Gasteiger partial charge >= 0.3 is 11.9 Å². The molecule has 0 atom stereocenters. The van der Waals surface area contributed by atoms with Crippen LogP contribution in [0.15, 0.2) is 59.5 Å². The van der Waals surface area contributed by atoms with Crippen LogP contribution in [-0.2, 0) is 58.6 Å². The summed E-state index contributed by atoms with van der Waals surface area (Å²) in [7, 11) is 6.18. The van der Waals surface area contributed by atoms with E-state index in [1.54, 1.807) is 45.9 Å². The van der Waals surface area contributed by atoms with Gasteiger partial charge < -0.3 is 19.1 Å². The smallest absolute Gasteiger partial charge is 0.354 e. The number of aromatic hydroxyl groups is 1. The zero-order valence-electron chi connectivity index (χ0n) is 29.4. The summed E-state index contributed by atoms with van der Waals surface area (Å²) in [5, 5.41) is 22.6. The molecule has 0 saturated heterocycles. The maximum atomic E-state index is 16.0. The second-order valence-corrected chi connectivity index (χ2v) is 14.2. The number of hydrogen-bond acceptors (Lipinski definition) is 9. The lowest BCUT2D eigenvalue weighted by Gasteiger charge is -2.12. The van der Waals surface area contributed by atoms with Crippen LogP contribution in [-0.4, -0.2) is 55.4 Å². The Hall–Kier alpha value is -4.75. The molecule has 266 valence electrons. The van der Waals surface area contributed by atoms with Gasteiger partial charge in [-0.1, -0.05) is 24.3 Å². The number of aromatic nitrogens is 5. The Kier molecular flexibility index (Phi) is 10.8. The van der Waals surface area contributed by atoms with Crippen molar-refractivity contribution < 1.29 is 28.6 Å². The maximum Gasteiger partial charge on any atom is 0.354 e. The summed E-state index contributed by atoms with van der Waals surface area (Å²) in [5.74, 6) is 0.712. The van der Waals surface area contributed by atoms with E-state index in [4.69, 9.17) is 14.6 Å². The van der Waals surface area contributed by atoms with E-state index in [9.17, 15) is 14.7 Å². The van der Waals surface area contributed by atoms with Crippen LogP contribution in [0.3, 0.4) is 0 Å². The van der Waals surface area contributed by atoms with E-state index in [0.717, 1.165) is 39.3 Å². The van der Waals surface area contributed by atoms with Crippen LogP contribution in [0.4, 0.5) is 4.39 Å². The molecule has 13 heteroatoms. The number of benzene rings is 3. The summed E-state index contributed by atoms with van der Waals surface area (Å²) in [6.45, 7) is 4.64. The molecule has 3 aromatic heterocycles. The molecule has 3 aromatic carbocycles. The normalized spacial score (nSPS) is 11.5. The minimum atomic E-state index is -0.571. The number of nitrogens with zero attached hydrogens (tertiary/aromatic N) is 5. The summed E-state index contributed by atoms with van der Waals surface area (Å²) in [6.07, 6.45) is 0.283. The highest BCUT2D eigenvalue weighted by molar-refractivity contribution is 7.98. The zero-order valence-corrected chi connectivity index (χ0v) is 31.1. The second kappa shape index (κ2) is 15.2. The molecule has 1 N–H and O–H groups in total. The van der Waals surface area contributed by atoms with Gasteiger partial charge in [-0.15, -0.1) is 23.5 Å². The maximum absolute atomic E-state index is 16.0. The van der Waals surface area contributed by atoms with Crippen LogP contribution in [0.5, 0.6) is 5.75 Å². The number of phenolic OH excluding ortho intramolecular Hbond substituents is 1. The minimum Gasteiger partial charge on any atom is -0.507 e. The van der Waals surface area contributed by atoms with E-state index in [0.29, 0.717) is 50.5 Å². The molecule has 0 spiro atoms. The first kappa shape index (κ1) is 36.1. The lowest BCUT2D eigenvalue weighted by molar-refractivity contribution is -0.140. The van der Waals surface area contributed by atoms with Gasteiger partial charge in [0.15, 0.2) is 0 Å². The van der Waals surface area contributed by atoms with Crippen LogP contribution in [0, 0.1) is 12.7 Å². The Morgan fingerprint density at radius 3 is 2.47 bits per heavy atom. The Morgan fingerprint density at radius 2 is 1.73 bits per heavy atom. The second-order valence-electron chi connectivity index (χ2n) is 12.2. The number of fused-ring (bicyclic) bond motifs is 2. The molecule has 0 saturated carbocycles. The largest absolute Gasteiger partial charge is 0.507 e. The van der Waals surface area contributed by atoms with Gasteiger partial charge in [0.2, 0.25) is 0 Å². The molecule has 51 heavy (non-hydrogen) atoms. The summed E-state index contributed by atoms with van der Waals surface area (Å²) in [6, 6.07) is 16.9. The number of phenols is 1. The van der Waals surface area contributed by atoms with E-state index in [1.807, 2.05) is 49.0 Å². The van der Waals surface area contributed by atoms with Crippen molar-refractivity contribution in [3.05, 3.63) is 94.4 Å². The number of hydrogen-bond donors (Lipinski definition) is 1. The zero-order chi connectivity index (χ0) is 36.4. The van der Waals surface area contributed by atoms with Crippen molar-refractivity contribution in [1.82, 2.24) is 24.1 Å². The Balaban J connectivity index is 1.26. The van der Waals surface area contributed by atoms with Crippen LogP contribution < -0.4 is 0 Å². The third-order valence-corrected chi connectivity index (χ3v) is 11.1. The molecule has 0 aliphatic rings. The van der Waals surface area contributed by atoms with E-state index in [2.05, 4.69) is 24.2 Å². The molecular weight excluding hydrogens is 690 g/mol. The highest BCUT2D eigenvalue weighted by Gasteiger charge is 2.28. The fraction of sp³-hybridized carbons (Fsp3) is 0.316. The molecule has 0 fully saturated rings.